The van der Waals surface area contributed by atoms with Crippen LogP contribution in [0.2, 0.25) is 5.02 Å². The van der Waals surface area contributed by atoms with Gasteiger partial charge in [-0.1, -0.05) is 84.4 Å². The van der Waals surface area contributed by atoms with E-state index in [1.807, 2.05) is 43.5 Å². The Kier molecular flexibility index (Phi) is 5.54. The maximum absolute atomic E-state index is 13.9. The van der Waals surface area contributed by atoms with Crippen LogP contribution in [0.5, 0.6) is 0 Å². The highest BCUT2D eigenvalue weighted by atomic mass is 35.5. The van der Waals surface area contributed by atoms with Crippen molar-refractivity contribution in [2.75, 3.05) is 0 Å². The number of Topliss-reactive ketones (excluding diaryl/α,β-unsaturated/α-hetero) is 1. The minimum atomic E-state index is -0.236. The lowest BCUT2D eigenvalue weighted by Gasteiger charge is -2.30. The van der Waals surface area contributed by atoms with Crippen LogP contribution in [0.4, 0.5) is 0 Å². The molecule has 35 heavy (non-hydrogen) atoms. The minimum Gasteiger partial charge on any atom is -0.364 e. The Bertz CT molecular complexity index is 1570. The Morgan fingerprint density at radius 3 is 2.74 bits per heavy atom. The molecule has 1 aliphatic heterocycles. The molecular formula is C32H26ClNO. The van der Waals surface area contributed by atoms with E-state index in [1.165, 1.54) is 32.7 Å². The molecule has 3 aliphatic rings. The van der Waals surface area contributed by atoms with E-state index in [4.69, 9.17) is 11.6 Å². The first-order valence-electron chi connectivity index (χ1n) is 12.1. The molecule has 6 rings (SSSR count). The molecule has 0 saturated heterocycles. The molecule has 1 heterocycles. The van der Waals surface area contributed by atoms with Crippen LogP contribution in [-0.2, 0) is 6.42 Å². The van der Waals surface area contributed by atoms with Crippen molar-refractivity contribution < 1.29 is 4.79 Å². The molecule has 172 valence electrons. The van der Waals surface area contributed by atoms with Gasteiger partial charge in [0, 0.05) is 34.3 Å². The van der Waals surface area contributed by atoms with Gasteiger partial charge >= 0.3 is 0 Å². The van der Waals surface area contributed by atoms with Gasteiger partial charge in [0.25, 0.3) is 0 Å². The fourth-order valence-corrected chi connectivity index (χ4v) is 5.84. The number of rotatable bonds is 3. The molecule has 0 spiro atoms. The molecule has 1 N–H and O–H groups in total. The standard InChI is InChI=1S/C32H26ClNO/c1-20-23(10-7-11-30(20)33)32(35)22-18-28-26-14-13-21-8-4-5-9-24(21)25(26)15-16-27(28)29(19-22)31-12-3-2-6-17-34-31/h2-12,14-18,22,29,34H,13,19H2,1H3. The van der Waals surface area contributed by atoms with Crippen LogP contribution in [-0.4, -0.2) is 5.78 Å². The largest absolute Gasteiger partial charge is 0.364 e. The summed E-state index contributed by atoms with van der Waals surface area (Å²) < 4.78 is 0. The molecule has 0 bridgehead atoms. The summed E-state index contributed by atoms with van der Waals surface area (Å²) >= 11 is 6.39. The molecule has 2 atom stereocenters. The lowest BCUT2D eigenvalue weighted by molar-refractivity contribution is 0.0943. The van der Waals surface area contributed by atoms with Crippen molar-refractivity contribution in [3.8, 4) is 11.1 Å². The zero-order valence-electron chi connectivity index (χ0n) is 19.6. The van der Waals surface area contributed by atoms with Gasteiger partial charge in [-0.05, 0) is 76.2 Å². The Balaban J connectivity index is 1.56. The van der Waals surface area contributed by atoms with E-state index in [9.17, 15) is 4.79 Å². The summed E-state index contributed by atoms with van der Waals surface area (Å²) in [6, 6.07) is 18.8. The number of hydrogen-bond donors (Lipinski definition) is 1. The fraction of sp³-hybridized carbons (Fsp3) is 0.156. The van der Waals surface area contributed by atoms with E-state index in [2.05, 4.69) is 66.0 Å². The number of nitrogens with one attached hydrogen (secondary N) is 1. The Morgan fingerprint density at radius 2 is 1.83 bits per heavy atom. The van der Waals surface area contributed by atoms with E-state index in [-0.39, 0.29) is 17.6 Å². The number of fused-ring (bicyclic) bond motifs is 5. The lowest BCUT2D eigenvalue weighted by atomic mass is 9.75. The van der Waals surface area contributed by atoms with Gasteiger partial charge in [0.2, 0.25) is 0 Å². The highest BCUT2D eigenvalue weighted by Gasteiger charge is 2.31. The lowest BCUT2D eigenvalue weighted by Crippen LogP contribution is -2.40. The molecule has 3 heteroatoms. The second-order valence-electron chi connectivity index (χ2n) is 9.44. The van der Waals surface area contributed by atoms with Crippen molar-refractivity contribution in [3.63, 3.8) is 0 Å². The Hall–Kier alpha value is -3.62. The van der Waals surface area contributed by atoms with Gasteiger partial charge in [0.15, 0.2) is 5.78 Å². The van der Waals surface area contributed by atoms with Gasteiger partial charge < -0.3 is 5.32 Å². The SMILES string of the molecule is Cc1c(Cl)cccc1C(=O)C1C=c2c(ccc3c2=CCc2ccccc2-3)C(C2=CC=CC=CN2)C1. The molecule has 0 fully saturated rings. The Morgan fingerprint density at radius 1 is 0.943 bits per heavy atom. The van der Waals surface area contributed by atoms with Crippen LogP contribution in [0.15, 0.2) is 90.8 Å². The predicted molar refractivity (Wildman–Crippen MR) is 145 cm³/mol. The van der Waals surface area contributed by atoms with Gasteiger partial charge in [-0.25, -0.2) is 0 Å². The molecular weight excluding hydrogens is 450 g/mol. The molecule has 2 unspecified atom stereocenters. The summed E-state index contributed by atoms with van der Waals surface area (Å²) in [6.45, 7) is 1.93. The fourth-order valence-electron chi connectivity index (χ4n) is 5.66. The van der Waals surface area contributed by atoms with Crippen molar-refractivity contribution >= 4 is 29.5 Å². The first-order chi connectivity index (χ1) is 17.1. The van der Waals surface area contributed by atoms with Crippen molar-refractivity contribution in [1.82, 2.24) is 5.32 Å². The average Bonchev–Trinajstić information content (AvgIpc) is 3.18. The van der Waals surface area contributed by atoms with Gasteiger partial charge in [-0.2, -0.15) is 0 Å². The van der Waals surface area contributed by atoms with Crippen LogP contribution in [0, 0.1) is 12.8 Å². The first-order valence-corrected chi connectivity index (χ1v) is 12.5. The van der Waals surface area contributed by atoms with E-state index in [1.54, 1.807) is 0 Å². The third-order valence-corrected chi connectivity index (χ3v) is 7.89. The molecule has 3 aromatic rings. The molecule has 0 aromatic heterocycles. The second-order valence-corrected chi connectivity index (χ2v) is 9.85. The summed E-state index contributed by atoms with van der Waals surface area (Å²) in [5, 5.41) is 6.53. The summed E-state index contributed by atoms with van der Waals surface area (Å²) in [5.74, 6) is -0.0119. The third-order valence-electron chi connectivity index (χ3n) is 7.48. The summed E-state index contributed by atoms with van der Waals surface area (Å²) in [6.07, 6.45) is 16.3. The topological polar surface area (TPSA) is 29.1 Å². The number of allylic oxidation sites excluding steroid dienone is 5. The van der Waals surface area contributed by atoms with Gasteiger partial charge in [0.1, 0.15) is 0 Å². The van der Waals surface area contributed by atoms with Crippen molar-refractivity contribution in [2.24, 2.45) is 5.92 Å². The highest BCUT2D eigenvalue weighted by Crippen LogP contribution is 2.36. The normalized spacial score (nSPS) is 19.7. The molecule has 3 aromatic carbocycles. The zero-order chi connectivity index (χ0) is 23.9. The third kappa shape index (κ3) is 3.79. The number of hydrogen-bond acceptors (Lipinski definition) is 2. The zero-order valence-corrected chi connectivity index (χ0v) is 20.3. The van der Waals surface area contributed by atoms with Crippen molar-refractivity contribution in [2.45, 2.75) is 25.7 Å². The van der Waals surface area contributed by atoms with E-state index in [0.717, 1.165) is 17.7 Å². The van der Waals surface area contributed by atoms with Gasteiger partial charge in [-0.15, -0.1) is 0 Å². The summed E-state index contributed by atoms with van der Waals surface area (Å²) in [4.78, 5) is 13.9. The monoisotopic (exact) mass is 475 g/mol. The number of carbonyl (C=O) groups excluding carboxylic acids is 1. The van der Waals surface area contributed by atoms with E-state index < -0.39 is 0 Å². The second kappa shape index (κ2) is 8.87. The summed E-state index contributed by atoms with van der Waals surface area (Å²) in [5.41, 5.74) is 7.82. The molecule has 0 amide bonds. The maximum atomic E-state index is 13.9. The quantitative estimate of drug-likeness (QED) is 0.472. The smallest absolute Gasteiger partial charge is 0.170 e. The maximum Gasteiger partial charge on any atom is 0.170 e. The first kappa shape index (κ1) is 21.9. The number of carbonyl (C=O) groups is 1. The van der Waals surface area contributed by atoms with Crippen LogP contribution in [0.25, 0.3) is 23.3 Å². The van der Waals surface area contributed by atoms with Crippen LogP contribution < -0.4 is 15.8 Å². The Labute approximate surface area is 210 Å². The molecule has 2 nitrogen and oxygen atoms in total. The minimum absolute atomic E-state index is 0.0895. The van der Waals surface area contributed by atoms with Crippen molar-refractivity contribution in [3.05, 3.63) is 129 Å². The van der Waals surface area contributed by atoms with Crippen LogP contribution in [0.3, 0.4) is 0 Å². The van der Waals surface area contributed by atoms with Gasteiger partial charge in [0.05, 0.1) is 0 Å². The van der Waals surface area contributed by atoms with E-state index in [0.29, 0.717) is 17.0 Å². The highest BCUT2D eigenvalue weighted by molar-refractivity contribution is 6.32. The number of benzene rings is 3. The predicted octanol–water partition coefficient (Wildman–Crippen LogP) is 5.98. The number of ketones is 1. The molecule has 0 saturated carbocycles. The molecule has 2 aliphatic carbocycles. The number of halogens is 1. The average molecular weight is 476 g/mol. The van der Waals surface area contributed by atoms with Gasteiger partial charge in [-0.3, -0.25) is 4.79 Å². The van der Waals surface area contributed by atoms with Crippen LogP contribution in [0.1, 0.15) is 39.4 Å². The van der Waals surface area contributed by atoms with Crippen molar-refractivity contribution in [1.29, 1.82) is 0 Å². The van der Waals surface area contributed by atoms with E-state index >= 15 is 0 Å². The van der Waals surface area contributed by atoms with Crippen LogP contribution >= 0.6 is 11.6 Å². The molecule has 0 radical (unpaired) electrons. The summed E-state index contributed by atoms with van der Waals surface area (Å²) in [7, 11) is 0.